The van der Waals surface area contributed by atoms with Gasteiger partial charge in [0.15, 0.2) is 6.10 Å². The first-order chi connectivity index (χ1) is 6.65. The van der Waals surface area contributed by atoms with Crippen molar-refractivity contribution in [2.45, 2.75) is 19.1 Å². The smallest absolute Gasteiger partial charge is 0.339 e. The molecule has 14 heavy (non-hydrogen) atoms. The number of hydrogen-bond acceptors (Lipinski definition) is 5. The van der Waals surface area contributed by atoms with Crippen LogP contribution in [0, 0.1) is 0 Å². The van der Waals surface area contributed by atoms with Gasteiger partial charge >= 0.3 is 5.97 Å². The lowest BCUT2D eigenvalue weighted by atomic mass is 10.3. The lowest BCUT2D eigenvalue weighted by Crippen LogP contribution is -2.10. The third kappa shape index (κ3) is 2.51. The van der Waals surface area contributed by atoms with Crippen LogP contribution in [0.15, 0.2) is 6.20 Å². The summed E-state index contributed by atoms with van der Waals surface area (Å²) in [5.74, 6) is -1.36. The highest BCUT2D eigenvalue weighted by atomic mass is 16.4. The van der Waals surface area contributed by atoms with E-state index in [-0.39, 0.29) is 12.3 Å². The highest BCUT2D eigenvalue weighted by molar-refractivity contribution is 5.73. The van der Waals surface area contributed by atoms with Crippen molar-refractivity contribution in [2.75, 3.05) is 6.61 Å². The molecule has 1 aromatic rings. The molecule has 0 fully saturated rings. The zero-order chi connectivity index (χ0) is 10.6. The summed E-state index contributed by atoms with van der Waals surface area (Å²) >= 11 is 0. The van der Waals surface area contributed by atoms with Crippen molar-refractivity contribution in [3.63, 3.8) is 0 Å². The minimum absolute atomic E-state index is 0.00422. The Balaban J connectivity index is 2.63. The van der Waals surface area contributed by atoms with Crippen LogP contribution in [0.2, 0.25) is 0 Å². The molecule has 0 amide bonds. The Labute approximate surface area is 79.6 Å². The summed E-state index contributed by atoms with van der Waals surface area (Å²) in [5, 5.41) is 33.1. The van der Waals surface area contributed by atoms with Crippen LogP contribution < -0.4 is 0 Å². The maximum absolute atomic E-state index is 10.4. The highest BCUT2D eigenvalue weighted by Gasteiger charge is 2.19. The first-order valence-electron chi connectivity index (χ1n) is 4.07. The number of aryl methyl sites for hydroxylation is 1. The van der Waals surface area contributed by atoms with E-state index in [1.54, 1.807) is 0 Å². The van der Waals surface area contributed by atoms with Gasteiger partial charge in [-0.1, -0.05) is 5.21 Å². The van der Waals surface area contributed by atoms with Crippen LogP contribution in [0.4, 0.5) is 0 Å². The van der Waals surface area contributed by atoms with Gasteiger partial charge in [0.05, 0.1) is 6.20 Å². The topological polar surface area (TPSA) is 108 Å². The van der Waals surface area contributed by atoms with Crippen molar-refractivity contribution >= 4 is 5.97 Å². The number of carboxylic acids is 1. The van der Waals surface area contributed by atoms with Crippen LogP contribution in [-0.4, -0.2) is 42.9 Å². The molecule has 0 aromatic carbocycles. The summed E-state index contributed by atoms with van der Waals surface area (Å²) in [4.78, 5) is 10.4. The first kappa shape index (κ1) is 10.6. The summed E-state index contributed by atoms with van der Waals surface area (Å²) in [6, 6.07) is 0. The Hall–Kier alpha value is -1.47. The molecule has 0 aliphatic heterocycles. The molecule has 7 nitrogen and oxygen atoms in total. The molecular weight excluding hydrogens is 190 g/mol. The summed E-state index contributed by atoms with van der Waals surface area (Å²) < 4.78 is 1.37. The number of carbonyl (C=O) groups is 1. The molecule has 7 heteroatoms. The molecule has 0 bridgehead atoms. The fraction of sp³-hybridized carbons (Fsp3) is 0.571. The first-order valence-corrected chi connectivity index (χ1v) is 4.07. The maximum Gasteiger partial charge on any atom is 0.339 e. The van der Waals surface area contributed by atoms with Gasteiger partial charge in [0.25, 0.3) is 0 Å². The summed E-state index contributed by atoms with van der Waals surface area (Å²) in [6.45, 7) is 0.465. The zero-order valence-corrected chi connectivity index (χ0v) is 7.37. The second-order valence-electron chi connectivity index (χ2n) is 2.72. The van der Waals surface area contributed by atoms with Crippen molar-refractivity contribution in [2.24, 2.45) is 0 Å². The van der Waals surface area contributed by atoms with Gasteiger partial charge in [0.2, 0.25) is 0 Å². The molecule has 3 N–H and O–H groups in total. The number of carboxylic acid groups (broad SMARTS) is 1. The van der Waals surface area contributed by atoms with Gasteiger partial charge < -0.3 is 15.3 Å². The van der Waals surface area contributed by atoms with Crippen molar-refractivity contribution in [3.8, 4) is 0 Å². The number of aliphatic hydroxyl groups is 2. The van der Waals surface area contributed by atoms with E-state index in [0.717, 1.165) is 0 Å². The summed E-state index contributed by atoms with van der Waals surface area (Å²) in [6.07, 6.45) is 0.207. The number of nitrogens with zero attached hydrogens (tertiary/aromatic N) is 3. The van der Waals surface area contributed by atoms with E-state index in [1.807, 2.05) is 0 Å². The molecule has 1 rings (SSSR count). The van der Waals surface area contributed by atoms with E-state index in [4.69, 9.17) is 15.3 Å². The van der Waals surface area contributed by atoms with Crippen LogP contribution >= 0.6 is 0 Å². The minimum Gasteiger partial charge on any atom is -0.479 e. The van der Waals surface area contributed by atoms with E-state index >= 15 is 0 Å². The van der Waals surface area contributed by atoms with Crippen molar-refractivity contribution in [3.05, 3.63) is 11.9 Å². The summed E-state index contributed by atoms with van der Waals surface area (Å²) in [7, 11) is 0. The van der Waals surface area contributed by atoms with E-state index < -0.39 is 12.1 Å². The third-order valence-electron chi connectivity index (χ3n) is 1.62. The Morgan fingerprint density at radius 3 is 2.93 bits per heavy atom. The predicted octanol–water partition coefficient (Wildman–Crippen LogP) is -1.22. The lowest BCUT2D eigenvalue weighted by Gasteiger charge is -1.98. The minimum atomic E-state index is -1.64. The van der Waals surface area contributed by atoms with Gasteiger partial charge in [0.1, 0.15) is 5.69 Å². The molecule has 1 atom stereocenters. The Bertz CT molecular complexity index is 312. The highest BCUT2D eigenvalue weighted by Crippen LogP contribution is 2.08. The SMILES string of the molecule is O=C(O)C(O)c1cn(CCCO)nn1. The third-order valence-corrected chi connectivity index (χ3v) is 1.62. The van der Waals surface area contributed by atoms with Crippen LogP contribution in [0.5, 0.6) is 0 Å². The van der Waals surface area contributed by atoms with Gasteiger partial charge in [-0.2, -0.15) is 0 Å². The van der Waals surface area contributed by atoms with Gasteiger partial charge in [-0.3, -0.25) is 4.68 Å². The Morgan fingerprint density at radius 2 is 2.36 bits per heavy atom. The number of aliphatic hydroxyl groups excluding tert-OH is 2. The average molecular weight is 201 g/mol. The van der Waals surface area contributed by atoms with Gasteiger partial charge in [0, 0.05) is 13.2 Å². The molecule has 0 saturated carbocycles. The number of aliphatic carboxylic acids is 1. The van der Waals surface area contributed by atoms with Crippen LogP contribution in [-0.2, 0) is 11.3 Å². The molecule has 1 unspecified atom stereocenters. The molecule has 78 valence electrons. The van der Waals surface area contributed by atoms with E-state index in [1.165, 1.54) is 10.9 Å². The molecule has 0 saturated heterocycles. The van der Waals surface area contributed by atoms with Crippen molar-refractivity contribution in [1.29, 1.82) is 0 Å². The Morgan fingerprint density at radius 1 is 1.64 bits per heavy atom. The molecular formula is C7H11N3O4. The molecule has 1 aromatic heterocycles. The van der Waals surface area contributed by atoms with Crippen LogP contribution in [0.3, 0.4) is 0 Å². The standard InChI is InChI=1S/C7H11N3O4/c11-3-1-2-10-4-5(8-9-10)6(12)7(13)14/h4,6,11-12H,1-3H2,(H,13,14). The fourth-order valence-corrected chi connectivity index (χ4v) is 0.907. The van der Waals surface area contributed by atoms with Gasteiger partial charge in [-0.05, 0) is 6.42 Å². The quantitative estimate of drug-likeness (QED) is 0.551. The van der Waals surface area contributed by atoms with Crippen LogP contribution in [0.1, 0.15) is 18.2 Å². The molecule has 0 spiro atoms. The second-order valence-corrected chi connectivity index (χ2v) is 2.72. The molecule has 1 heterocycles. The van der Waals surface area contributed by atoms with Crippen molar-refractivity contribution in [1.82, 2.24) is 15.0 Å². The fourth-order valence-electron chi connectivity index (χ4n) is 0.907. The van der Waals surface area contributed by atoms with Crippen LogP contribution in [0.25, 0.3) is 0 Å². The summed E-state index contributed by atoms with van der Waals surface area (Å²) in [5.41, 5.74) is -0.00422. The molecule has 0 radical (unpaired) electrons. The number of hydrogen-bond donors (Lipinski definition) is 3. The monoisotopic (exact) mass is 201 g/mol. The predicted molar refractivity (Wildman–Crippen MR) is 44.3 cm³/mol. The number of aromatic nitrogens is 3. The van der Waals surface area contributed by atoms with E-state index in [0.29, 0.717) is 13.0 Å². The maximum atomic E-state index is 10.4. The van der Waals surface area contributed by atoms with Gasteiger partial charge in [-0.15, -0.1) is 5.10 Å². The van der Waals surface area contributed by atoms with E-state index in [2.05, 4.69) is 10.3 Å². The average Bonchev–Trinajstić information content (AvgIpc) is 2.61. The largest absolute Gasteiger partial charge is 0.479 e. The normalized spacial score (nSPS) is 12.7. The molecule has 0 aliphatic carbocycles. The van der Waals surface area contributed by atoms with E-state index in [9.17, 15) is 4.79 Å². The van der Waals surface area contributed by atoms with Gasteiger partial charge in [-0.25, -0.2) is 4.79 Å². The lowest BCUT2D eigenvalue weighted by molar-refractivity contribution is -0.147. The number of rotatable bonds is 5. The van der Waals surface area contributed by atoms with Crippen molar-refractivity contribution < 1.29 is 20.1 Å². The Kier molecular flexibility index (Phi) is 3.55. The zero-order valence-electron chi connectivity index (χ0n) is 7.37. The molecule has 0 aliphatic rings. The second kappa shape index (κ2) is 4.68.